The molecule has 106 valence electrons. The van der Waals surface area contributed by atoms with Crippen molar-refractivity contribution in [2.24, 2.45) is 0 Å². The van der Waals surface area contributed by atoms with E-state index in [1.54, 1.807) is 20.8 Å². The lowest BCUT2D eigenvalue weighted by Crippen LogP contribution is -2.35. The van der Waals surface area contributed by atoms with Gasteiger partial charge in [-0.1, -0.05) is 26.2 Å². The number of carboxylic acids is 1. The number of aliphatic carboxylic acids is 1. The quantitative estimate of drug-likeness (QED) is 0.594. The largest absolute Gasteiger partial charge is 0.480 e. The van der Waals surface area contributed by atoms with Crippen molar-refractivity contribution in [3.8, 4) is 0 Å². The van der Waals surface area contributed by atoms with Gasteiger partial charge in [-0.3, -0.25) is 4.79 Å². The molecule has 0 aromatic heterocycles. The predicted octanol–water partition coefficient (Wildman–Crippen LogP) is 1.83. The molecule has 0 bridgehead atoms. The molecule has 1 saturated heterocycles. The van der Waals surface area contributed by atoms with Crippen molar-refractivity contribution in [1.82, 2.24) is 4.31 Å². The lowest BCUT2D eigenvalue weighted by Gasteiger charge is -2.20. The van der Waals surface area contributed by atoms with Gasteiger partial charge in [-0.2, -0.15) is 4.31 Å². The molecule has 2 unspecified atom stereocenters. The van der Waals surface area contributed by atoms with Gasteiger partial charge in [-0.25, -0.2) is 8.42 Å². The molecule has 0 aliphatic carbocycles. The van der Waals surface area contributed by atoms with E-state index in [4.69, 9.17) is 5.11 Å². The number of rotatable bonds is 6. The van der Waals surface area contributed by atoms with Gasteiger partial charge in [0.25, 0.3) is 0 Å². The molecule has 1 heterocycles. The van der Waals surface area contributed by atoms with E-state index >= 15 is 0 Å². The summed E-state index contributed by atoms with van der Waals surface area (Å²) in [6, 6.07) is -1.20. The molecule has 1 rings (SSSR count). The third-order valence-electron chi connectivity index (χ3n) is 3.28. The molecule has 0 aromatic rings. The summed E-state index contributed by atoms with van der Waals surface area (Å²) in [5.41, 5.74) is 0. The van der Waals surface area contributed by atoms with E-state index in [1.807, 2.05) is 0 Å². The monoisotopic (exact) mass is 277 g/mol. The van der Waals surface area contributed by atoms with Crippen molar-refractivity contribution in [2.75, 3.05) is 0 Å². The predicted molar refractivity (Wildman–Crippen MR) is 69.9 cm³/mol. The molecular formula is C12H23NO4S. The van der Waals surface area contributed by atoms with Crippen molar-refractivity contribution in [2.45, 2.75) is 70.2 Å². The minimum Gasteiger partial charge on any atom is -0.480 e. The van der Waals surface area contributed by atoms with E-state index in [0.717, 1.165) is 19.3 Å². The average Bonchev–Trinajstić information content (AvgIpc) is 2.91. The third kappa shape index (κ3) is 2.85. The Labute approximate surface area is 109 Å². The Bertz CT molecular complexity index is 410. The number of hydrogen-bond acceptors (Lipinski definition) is 3. The molecular weight excluding hydrogens is 254 g/mol. The minimum absolute atomic E-state index is 0.349. The molecule has 1 aliphatic rings. The molecule has 1 N–H and O–H groups in total. The Morgan fingerprint density at radius 1 is 1.28 bits per heavy atom. The number of unbranched alkanes of at least 4 members (excludes halogenated alkanes) is 2. The van der Waals surface area contributed by atoms with E-state index < -0.39 is 26.8 Å². The highest BCUT2D eigenvalue weighted by Crippen LogP contribution is 2.40. The molecule has 0 amide bonds. The molecule has 3 atom stereocenters. The summed E-state index contributed by atoms with van der Waals surface area (Å²) in [5, 5.41) is 9.07. The molecule has 0 radical (unpaired) electrons. The van der Waals surface area contributed by atoms with Crippen LogP contribution in [0.25, 0.3) is 0 Å². The van der Waals surface area contributed by atoms with E-state index in [0.29, 0.717) is 6.42 Å². The van der Waals surface area contributed by atoms with Gasteiger partial charge in [0.1, 0.15) is 6.04 Å². The van der Waals surface area contributed by atoms with Gasteiger partial charge in [0.2, 0.25) is 10.0 Å². The number of sulfonamides is 1. The van der Waals surface area contributed by atoms with Crippen LogP contribution in [0.1, 0.15) is 53.4 Å². The second-order valence-electron chi connectivity index (χ2n) is 5.79. The van der Waals surface area contributed by atoms with E-state index in [-0.39, 0.29) is 6.04 Å². The fourth-order valence-corrected chi connectivity index (χ4v) is 3.75. The fraction of sp³-hybridized carbons (Fsp3) is 0.917. The fourth-order valence-electron chi connectivity index (χ4n) is 2.06. The summed E-state index contributed by atoms with van der Waals surface area (Å²) in [6.07, 6.45) is 3.56. The van der Waals surface area contributed by atoms with Crippen LogP contribution in [0.4, 0.5) is 0 Å². The zero-order chi connectivity index (χ0) is 14.1. The maximum atomic E-state index is 12.2. The lowest BCUT2D eigenvalue weighted by atomic mass is 10.1. The highest BCUT2D eigenvalue weighted by molar-refractivity contribution is 7.90. The lowest BCUT2D eigenvalue weighted by molar-refractivity contribution is -0.137. The average molecular weight is 277 g/mol. The van der Waals surface area contributed by atoms with E-state index in [9.17, 15) is 13.2 Å². The first-order valence-electron chi connectivity index (χ1n) is 6.40. The maximum absolute atomic E-state index is 12.2. The second-order valence-corrected chi connectivity index (χ2v) is 8.39. The maximum Gasteiger partial charge on any atom is 0.323 e. The van der Waals surface area contributed by atoms with Crippen molar-refractivity contribution in [3.05, 3.63) is 0 Å². The molecule has 0 saturated carbocycles. The third-order valence-corrected chi connectivity index (χ3v) is 5.88. The van der Waals surface area contributed by atoms with Crippen LogP contribution in [0, 0.1) is 0 Å². The molecule has 6 heteroatoms. The number of nitrogens with zero attached hydrogens (tertiary/aromatic N) is 1. The topological polar surface area (TPSA) is 74.4 Å². The van der Waals surface area contributed by atoms with Gasteiger partial charge >= 0.3 is 5.97 Å². The van der Waals surface area contributed by atoms with E-state index in [2.05, 4.69) is 6.92 Å². The van der Waals surface area contributed by atoms with Crippen LogP contribution >= 0.6 is 0 Å². The standard InChI is InChI=1S/C12H23NO4S/c1-5-6-7-8-9-10(11(14)15)13(9)18(16,17)12(2,3)4/h9-10H,5-8H2,1-4H3,(H,14,15)/t9?,10-,13?/m0/s1. The SMILES string of the molecule is CCCCCC1[C@@H](C(=O)O)N1S(=O)(=O)C(C)(C)C. The normalized spacial score (nSPS) is 28.1. The number of carboxylic acid groups (broad SMARTS) is 1. The van der Waals surface area contributed by atoms with Crippen LogP contribution < -0.4 is 0 Å². The smallest absolute Gasteiger partial charge is 0.323 e. The number of hydrogen-bond donors (Lipinski definition) is 1. The second kappa shape index (κ2) is 5.17. The molecule has 0 aromatic carbocycles. The highest BCUT2D eigenvalue weighted by Gasteiger charge is 2.61. The van der Waals surface area contributed by atoms with Crippen LogP contribution in [-0.4, -0.2) is 40.6 Å². The van der Waals surface area contributed by atoms with Crippen LogP contribution in [0.2, 0.25) is 0 Å². The van der Waals surface area contributed by atoms with E-state index in [1.165, 1.54) is 4.31 Å². The summed E-state index contributed by atoms with van der Waals surface area (Å²) < 4.78 is 24.7. The zero-order valence-electron chi connectivity index (χ0n) is 11.5. The van der Waals surface area contributed by atoms with Crippen LogP contribution in [0.3, 0.4) is 0 Å². The molecule has 5 nitrogen and oxygen atoms in total. The van der Waals surface area contributed by atoms with Gasteiger partial charge < -0.3 is 5.11 Å². The van der Waals surface area contributed by atoms with Gasteiger partial charge in [0.05, 0.1) is 10.8 Å². The van der Waals surface area contributed by atoms with Crippen molar-refractivity contribution >= 4 is 16.0 Å². The van der Waals surface area contributed by atoms with Crippen molar-refractivity contribution in [1.29, 1.82) is 0 Å². The number of carbonyl (C=O) groups is 1. The summed E-state index contributed by atoms with van der Waals surface area (Å²) in [5.74, 6) is -1.04. The first-order chi connectivity index (χ1) is 8.14. The molecule has 18 heavy (non-hydrogen) atoms. The summed E-state index contributed by atoms with van der Waals surface area (Å²) in [4.78, 5) is 11.1. The van der Waals surface area contributed by atoms with Crippen LogP contribution in [-0.2, 0) is 14.8 Å². The molecule has 0 spiro atoms. The molecule has 1 aliphatic heterocycles. The van der Waals surface area contributed by atoms with Crippen LogP contribution in [0.15, 0.2) is 0 Å². The highest BCUT2D eigenvalue weighted by atomic mass is 32.2. The van der Waals surface area contributed by atoms with Gasteiger partial charge in [0.15, 0.2) is 0 Å². The zero-order valence-corrected chi connectivity index (χ0v) is 12.3. The summed E-state index contributed by atoms with van der Waals surface area (Å²) in [6.45, 7) is 6.86. The van der Waals surface area contributed by atoms with Crippen molar-refractivity contribution in [3.63, 3.8) is 0 Å². The van der Waals surface area contributed by atoms with Gasteiger partial charge in [-0.05, 0) is 27.2 Å². The first-order valence-corrected chi connectivity index (χ1v) is 7.84. The summed E-state index contributed by atoms with van der Waals surface area (Å²) >= 11 is 0. The Balaban J connectivity index is 2.79. The van der Waals surface area contributed by atoms with Gasteiger partial charge in [-0.15, -0.1) is 0 Å². The Kier molecular flexibility index (Phi) is 4.43. The Morgan fingerprint density at radius 3 is 2.22 bits per heavy atom. The van der Waals surface area contributed by atoms with Gasteiger partial charge in [0, 0.05) is 0 Å². The Morgan fingerprint density at radius 2 is 1.83 bits per heavy atom. The minimum atomic E-state index is -3.53. The van der Waals surface area contributed by atoms with Crippen LogP contribution in [0.5, 0.6) is 0 Å². The van der Waals surface area contributed by atoms with Crippen molar-refractivity contribution < 1.29 is 18.3 Å². The molecule has 1 fully saturated rings. The first kappa shape index (κ1) is 15.4. The summed E-state index contributed by atoms with van der Waals surface area (Å²) in [7, 11) is -3.53. The Hall–Kier alpha value is -0.620.